The van der Waals surface area contributed by atoms with E-state index in [9.17, 15) is 0 Å². The number of benzene rings is 1. The van der Waals surface area contributed by atoms with Crippen molar-refractivity contribution in [2.45, 2.75) is 20.3 Å². The van der Waals surface area contributed by atoms with Crippen LogP contribution in [0.15, 0.2) is 29.4 Å². The minimum atomic E-state index is 0.544. The third-order valence-electron chi connectivity index (χ3n) is 2.34. The van der Waals surface area contributed by atoms with Crippen LogP contribution in [0.4, 0.5) is 0 Å². The van der Waals surface area contributed by atoms with E-state index >= 15 is 0 Å². The average molecular weight is 237 g/mol. The summed E-state index contributed by atoms with van der Waals surface area (Å²) in [5.74, 6) is 0.793. The lowest BCUT2D eigenvalue weighted by Gasteiger charge is -2.07. The van der Waals surface area contributed by atoms with Crippen LogP contribution < -0.4 is 4.74 Å². The zero-order valence-electron chi connectivity index (χ0n) is 10.3. The fourth-order valence-corrected chi connectivity index (χ4v) is 1.44. The molecule has 0 aliphatic carbocycles. The van der Waals surface area contributed by atoms with Crippen molar-refractivity contribution in [2.75, 3.05) is 19.8 Å². The molecule has 0 saturated heterocycles. The molecule has 0 saturated carbocycles. The molecule has 0 bridgehead atoms. The second kappa shape index (κ2) is 7.68. The molecular weight excluding hydrogens is 218 g/mol. The van der Waals surface area contributed by atoms with Gasteiger partial charge in [0.05, 0.1) is 12.3 Å². The maximum absolute atomic E-state index is 8.79. The van der Waals surface area contributed by atoms with E-state index in [-0.39, 0.29) is 0 Å². The molecule has 0 aromatic heterocycles. The summed E-state index contributed by atoms with van der Waals surface area (Å²) in [5, 5.41) is 12.0. The van der Waals surface area contributed by atoms with Crippen molar-refractivity contribution in [3.63, 3.8) is 0 Å². The van der Waals surface area contributed by atoms with Crippen LogP contribution >= 0.6 is 0 Å². The van der Waals surface area contributed by atoms with Crippen LogP contribution in [0.25, 0.3) is 0 Å². The number of rotatable bonds is 7. The van der Waals surface area contributed by atoms with Gasteiger partial charge in [-0.3, -0.25) is 0 Å². The molecular formula is C13H19NO3. The Labute approximate surface area is 102 Å². The molecule has 4 nitrogen and oxygen atoms in total. The summed E-state index contributed by atoms with van der Waals surface area (Å²) in [7, 11) is 0. The molecule has 0 amide bonds. The standard InChI is InChI=1S/C13H19NO3/c1-3-13(14-15)11-5-7-12(8-6-11)17-10-9-16-4-2/h5-8,15H,3-4,9-10H2,1-2H3/b14-13+. The Morgan fingerprint density at radius 1 is 1.18 bits per heavy atom. The number of ether oxygens (including phenoxy) is 2. The van der Waals surface area contributed by atoms with Gasteiger partial charge in [-0.05, 0) is 43.2 Å². The normalized spacial score (nSPS) is 11.5. The summed E-state index contributed by atoms with van der Waals surface area (Å²) in [5.41, 5.74) is 1.58. The third kappa shape index (κ3) is 4.44. The summed E-state index contributed by atoms with van der Waals surface area (Å²) in [6.45, 7) is 5.74. The van der Waals surface area contributed by atoms with E-state index in [1.165, 1.54) is 0 Å². The summed E-state index contributed by atoms with van der Waals surface area (Å²) >= 11 is 0. The van der Waals surface area contributed by atoms with Crippen LogP contribution in [0.3, 0.4) is 0 Å². The average Bonchev–Trinajstić information content (AvgIpc) is 2.38. The largest absolute Gasteiger partial charge is 0.491 e. The van der Waals surface area contributed by atoms with Crippen molar-refractivity contribution < 1.29 is 14.7 Å². The molecule has 0 atom stereocenters. The van der Waals surface area contributed by atoms with E-state index in [1.54, 1.807) is 0 Å². The molecule has 17 heavy (non-hydrogen) atoms. The van der Waals surface area contributed by atoms with Crippen LogP contribution in [0.1, 0.15) is 25.8 Å². The first-order chi connectivity index (χ1) is 8.31. The fraction of sp³-hybridized carbons (Fsp3) is 0.462. The molecule has 0 fully saturated rings. The van der Waals surface area contributed by atoms with Gasteiger partial charge in [0.25, 0.3) is 0 Å². The van der Waals surface area contributed by atoms with E-state index in [0.29, 0.717) is 32.0 Å². The quantitative estimate of drug-likeness (QED) is 0.343. The van der Waals surface area contributed by atoms with Crippen molar-refractivity contribution in [1.29, 1.82) is 0 Å². The second-order valence-corrected chi connectivity index (χ2v) is 3.47. The van der Waals surface area contributed by atoms with Gasteiger partial charge in [-0.2, -0.15) is 0 Å². The second-order valence-electron chi connectivity index (χ2n) is 3.47. The van der Waals surface area contributed by atoms with Crippen LogP contribution in [0.5, 0.6) is 5.75 Å². The monoisotopic (exact) mass is 237 g/mol. The molecule has 0 aliphatic rings. The van der Waals surface area contributed by atoms with E-state index in [0.717, 1.165) is 11.3 Å². The minimum absolute atomic E-state index is 0.544. The Bertz CT molecular complexity index is 346. The third-order valence-corrected chi connectivity index (χ3v) is 2.34. The lowest BCUT2D eigenvalue weighted by atomic mass is 10.1. The first-order valence-electron chi connectivity index (χ1n) is 5.83. The number of hydrogen-bond donors (Lipinski definition) is 1. The van der Waals surface area contributed by atoms with Gasteiger partial charge in [0, 0.05) is 6.61 Å². The molecule has 0 unspecified atom stereocenters. The summed E-state index contributed by atoms with van der Waals surface area (Å²) in [4.78, 5) is 0. The smallest absolute Gasteiger partial charge is 0.119 e. The van der Waals surface area contributed by atoms with Crippen molar-refractivity contribution >= 4 is 5.71 Å². The highest BCUT2D eigenvalue weighted by atomic mass is 16.5. The molecule has 0 aliphatic heterocycles. The van der Waals surface area contributed by atoms with Gasteiger partial charge in [-0.15, -0.1) is 0 Å². The Morgan fingerprint density at radius 3 is 2.41 bits per heavy atom. The van der Waals surface area contributed by atoms with Crippen molar-refractivity contribution in [3.05, 3.63) is 29.8 Å². The first kappa shape index (κ1) is 13.5. The highest BCUT2D eigenvalue weighted by Gasteiger charge is 2.01. The number of nitrogens with zero attached hydrogens (tertiary/aromatic N) is 1. The van der Waals surface area contributed by atoms with Gasteiger partial charge in [0.2, 0.25) is 0 Å². The molecule has 1 rings (SSSR count). The lowest BCUT2D eigenvalue weighted by molar-refractivity contribution is 0.110. The Kier molecular flexibility index (Phi) is 6.10. The lowest BCUT2D eigenvalue weighted by Crippen LogP contribution is -2.06. The Morgan fingerprint density at radius 2 is 1.88 bits per heavy atom. The zero-order valence-corrected chi connectivity index (χ0v) is 10.3. The summed E-state index contributed by atoms with van der Waals surface area (Å²) in [6.07, 6.45) is 0.695. The van der Waals surface area contributed by atoms with Crippen LogP contribution in [0.2, 0.25) is 0 Å². The van der Waals surface area contributed by atoms with Crippen molar-refractivity contribution in [1.82, 2.24) is 0 Å². The Balaban J connectivity index is 2.50. The molecule has 94 valence electrons. The van der Waals surface area contributed by atoms with Gasteiger partial charge >= 0.3 is 0 Å². The SMILES string of the molecule is CCOCCOc1ccc(/C(CC)=N/O)cc1. The zero-order chi connectivity index (χ0) is 12.5. The fourth-order valence-electron chi connectivity index (χ4n) is 1.44. The van der Waals surface area contributed by atoms with Crippen molar-refractivity contribution in [2.24, 2.45) is 5.16 Å². The van der Waals surface area contributed by atoms with Crippen LogP contribution in [-0.4, -0.2) is 30.7 Å². The highest BCUT2D eigenvalue weighted by molar-refractivity contribution is 6.00. The van der Waals surface area contributed by atoms with E-state index in [2.05, 4.69) is 5.16 Å². The van der Waals surface area contributed by atoms with Gasteiger partial charge in [0.1, 0.15) is 12.4 Å². The maximum Gasteiger partial charge on any atom is 0.119 e. The van der Waals surface area contributed by atoms with E-state index in [1.807, 2.05) is 38.1 Å². The van der Waals surface area contributed by atoms with Crippen molar-refractivity contribution in [3.8, 4) is 5.75 Å². The van der Waals surface area contributed by atoms with Gasteiger partial charge in [-0.1, -0.05) is 12.1 Å². The molecule has 1 N–H and O–H groups in total. The Hall–Kier alpha value is -1.55. The maximum atomic E-state index is 8.79. The molecule has 0 heterocycles. The summed E-state index contributed by atoms with van der Waals surface area (Å²) in [6, 6.07) is 7.49. The predicted molar refractivity (Wildman–Crippen MR) is 67.0 cm³/mol. The van der Waals surface area contributed by atoms with E-state index in [4.69, 9.17) is 14.7 Å². The molecule has 4 heteroatoms. The van der Waals surface area contributed by atoms with Crippen LogP contribution in [0, 0.1) is 0 Å². The molecule has 0 spiro atoms. The predicted octanol–water partition coefficient (Wildman–Crippen LogP) is 2.69. The minimum Gasteiger partial charge on any atom is -0.491 e. The summed E-state index contributed by atoms with van der Waals surface area (Å²) < 4.78 is 10.7. The topological polar surface area (TPSA) is 51.0 Å². The molecule has 1 aromatic rings. The highest BCUT2D eigenvalue weighted by Crippen LogP contribution is 2.13. The number of oxime groups is 1. The van der Waals surface area contributed by atoms with Gasteiger partial charge in [-0.25, -0.2) is 0 Å². The van der Waals surface area contributed by atoms with E-state index < -0.39 is 0 Å². The van der Waals surface area contributed by atoms with Gasteiger partial charge < -0.3 is 14.7 Å². The molecule has 1 aromatic carbocycles. The van der Waals surface area contributed by atoms with Crippen LogP contribution in [-0.2, 0) is 4.74 Å². The van der Waals surface area contributed by atoms with Gasteiger partial charge in [0.15, 0.2) is 0 Å². The molecule has 0 radical (unpaired) electrons. The number of hydrogen-bond acceptors (Lipinski definition) is 4. The first-order valence-corrected chi connectivity index (χ1v) is 5.83.